The number of aryl methyl sites for hydroxylation is 1. The van der Waals surface area contributed by atoms with Crippen molar-refractivity contribution >= 4 is 17.6 Å². The lowest BCUT2D eigenvalue weighted by molar-refractivity contribution is -0.141. The molecule has 2 aromatic rings. The number of ether oxygens (including phenoxy) is 3. The Labute approximate surface area is 164 Å². The van der Waals surface area contributed by atoms with Crippen LogP contribution >= 0.6 is 11.6 Å². The van der Waals surface area contributed by atoms with Gasteiger partial charge in [-0.3, -0.25) is 9.69 Å². The Morgan fingerprint density at radius 1 is 1.19 bits per heavy atom. The molecule has 0 spiro atoms. The molecule has 1 fully saturated rings. The van der Waals surface area contributed by atoms with E-state index in [1.165, 1.54) is 0 Å². The Morgan fingerprint density at radius 3 is 2.67 bits per heavy atom. The van der Waals surface area contributed by atoms with Gasteiger partial charge in [-0.15, -0.1) is 0 Å². The molecule has 0 aliphatic carbocycles. The fraction of sp³-hybridized carbons (Fsp3) is 0.381. The second-order valence-electron chi connectivity index (χ2n) is 6.65. The van der Waals surface area contributed by atoms with Gasteiger partial charge in [0.2, 0.25) is 0 Å². The van der Waals surface area contributed by atoms with Crippen LogP contribution in [0.15, 0.2) is 42.5 Å². The van der Waals surface area contributed by atoms with E-state index in [9.17, 15) is 4.79 Å². The maximum atomic E-state index is 11.9. The zero-order chi connectivity index (χ0) is 19.4. The molecule has 6 heteroatoms. The van der Waals surface area contributed by atoms with Crippen LogP contribution in [0, 0.1) is 0 Å². The van der Waals surface area contributed by atoms with Gasteiger partial charge in [0, 0.05) is 16.6 Å². The normalized spacial score (nSPS) is 18.2. The van der Waals surface area contributed by atoms with E-state index in [-0.39, 0.29) is 18.6 Å². The van der Waals surface area contributed by atoms with E-state index in [1.807, 2.05) is 42.5 Å². The van der Waals surface area contributed by atoms with E-state index >= 15 is 0 Å². The Hall–Kier alpha value is -2.24. The second-order valence-corrected chi connectivity index (χ2v) is 7.08. The van der Waals surface area contributed by atoms with Crippen LogP contribution in [0.5, 0.6) is 11.5 Å². The zero-order valence-electron chi connectivity index (χ0n) is 15.8. The summed E-state index contributed by atoms with van der Waals surface area (Å²) in [4.78, 5) is 14.0. The molecule has 2 aromatic carbocycles. The number of methoxy groups -OCH3 is 2. The van der Waals surface area contributed by atoms with Crippen molar-refractivity contribution in [2.75, 3.05) is 20.8 Å². The van der Waals surface area contributed by atoms with Crippen molar-refractivity contribution in [3.05, 3.63) is 58.6 Å². The minimum Gasteiger partial charge on any atom is -0.493 e. The number of cyclic esters (lactones) is 1. The van der Waals surface area contributed by atoms with Gasteiger partial charge in [-0.25, -0.2) is 0 Å². The molecule has 1 saturated heterocycles. The van der Waals surface area contributed by atoms with Crippen LogP contribution < -0.4 is 9.47 Å². The molecule has 1 aliphatic rings. The first-order chi connectivity index (χ1) is 13.0. The highest BCUT2D eigenvalue weighted by Crippen LogP contribution is 2.33. The molecule has 2 atom stereocenters. The van der Waals surface area contributed by atoms with Gasteiger partial charge in [0.25, 0.3) is 0 Å². The number of rotatable bonds is 7. The van der Waals surface area contributed by atoms with Gasteiger partial charge in [-0.05, 0) is 49.6 Å². The highest BCUT2D eigenvalue weighted by molar-refractivity contribution is 6.30. The highest BCUT2D eigenvalue weighted by atomic mass is 35.5. The number of halogens is 1. The molecule has 1 unspecified atom stereocenters. The SMILES string of the molecule is COc1ccc(CCC(C)N2CC(=O)O[C@H]2c2cccc(Cl)c2)cc1OC. The number of nitrogens with zero attached hydrogens (tertiary/aromatic N) is 1. The van der Waals surface area contributed by atoms with E-state index in [1.54, 1.807) is 14.2 Å². The van der Waals surface area contributed by atoms with Gasteiger partial charge >= 0.3 is 5.97 Å². The number of esters is 1. The summed E-state index contributed by atoms with van der Waals surface area (Å²) in [6.07, 6.45) is 1.34. The second kappa shape index (κ2) is 8.63. The molecule has 0 bridgehead atoms. The molecule has 27 heavy (non-hydrogen) atoms. The summed E-state index contributed by atoms with van der Waals surface area (Å²) in [5.74, 6) is 1.23. The average molecular weight is 390 g/mol. The van der Waals surface area contributed by atoms with Gasteiger partial charge in [-0.1, -0.05) is 29.8 Å². The molecule has 0 radical (unpaired) electrons. The molecular formula is C21H24ClNO4. The predicted octanol–water partition coefficient (Wildman–Crippen LogP) is 4.24. The average Bonchev–Trinajstić information content (AvgIpc) is 3.07. The van der Waals surface area contributed by atoms with E-state index in [0.29, 0.717) is 10.8 Å². The third-order valence-electron chi connectivity index (χ3n) is 4.85. The summed E-state index contributed by atoms with van der Waals surface area (Å²) in [6, 6.07) is 13.6. The first kappa shape index (κ1) is 19.5. The van der Waals surface area contributed by atoms with E-state index in [2.05, 4.69) is 11.8 Å². The third-order valence-corrected chi connectivity index (χ3v) is 5.09. The standard InChI is InChI=1S/C21H24ClNO4/c1-14(7-8-15-9-10-18(25-2)19(11-15)26-3)23-13-20(24)27-21(23)16-5-4-6-17(22)12-16/h4-6,9-12,14,21H,7-8,13H2,1-3H3/t14?,21-/m0/s1. The summed E-state index contributed by atoms with van der Waals surface area (Å²) in [6.45, 7) is 2.39. The molecule has 5 nitrogen and oxygen atoms in total. The lowest BCUT2D eigenvalue weighted by Crippen LogP contribution is -2.33. The van der Waals surface area contributed by atoms with Gasteiger partial charge in [0.1, 0.15) is 6.54 Å². The molecular weight excluding hydrogens is 366 g/mol. The van der Waals surface area contributed by atoms with Crippen molar-refractivity contribution in [3.63, 3.8) is 0 Å². The molecule has 1 heterocycles. The molecule has 144 valence electrons. The smallest absolute Gasteiger partial charge is 0.322 e. The van der Waals surface area contributed by atoms with Gasteiger partial charge in [0.05, 0.1) is 14.2 Å². The lowest BCUT2D eigenvalue weighted by atomic mass is 10.0. The number of carbonyl (C=O) groups excluding carboxylic acids is 1. The Balaban J connectivity index is 1.69. The minimum atomic E-state index is -0.392. The van der Waals surface area contributed by atoms with Crippen molar-refractivity contribution in [3.8, 4) is 11.5 Å². The first-order valence-corrected chi connectivity index (χ1v) is 9.31. The van der Waals surface area contributed by atoms with E-state index in [0.717, 1.165) is 29.7 Å². The molecule has 1 aliphatic heterocycles. The summed E-state index contributed by atoms with van der Waals surface area (Å²) in [5, 5.41) is 0.633. The van der Waals surface area contributed by atoms with Crippen molar-refractivity contribution < 1.29 is 19.0 Å². The summed E-state index contributed by atoms with van der Waals surface area (Å²) in [7, 11) is 3.26. The topological polar surface area (TPSA) is 48.0 Å². The van der Waals surface area contributed by atoms with Gasteiger partial charge in [0.15, 0.2) is 17.7 Å². The Kier molecular flexibility index (Phi) is 6.24. The van der Waals surface area contributed by atoms with Crippen molar-refractivity contribution in [2.45, 2.75) is 32.0 Å². The van der Waals surface area contributed by atoms with Crippen LogP contribution in [0.3, 0.4) is 0 Å². The van der Waals surface area contributed by atoms with Crippen molar-refractivity contribution in [1.82, 2.24) is 4.90 Å². The summed E-state index contributed by atoms with van der Waals surface area (Å²) in [5.41, 5.74) is 2.05. The minimum absolute atomic E-state index is 0.161. The van der Waals surface area contributed by atoms with Crippen LogP contribution in [0.1, 0.15) is 30.7 Å². The van der Waals surface area contributed by atoms with Crippen molar-refractivity contribution in [2.24, 2.45) is 0 Å². The lowest BCUT2D eigenvalue weighted by Gasteiger charge is -2.28. The Morgan fingerprint density at radius 2 is 1.96 bits per heavy atom. The number of hydrogen-bond donors (Lipinski definition) is 0. The van der Waals surface area contributed by atoms with Gasteiger partial charge < -0.3 is 14.2 Å². The van der Waals surface area contributed by atoms with E-state index in [4.69, 9.17) is 25.8 Å². The number of hydrogen-bond acceptors (Lipinski definition) is 5. The van der Waals surface area contributed by atoms with Crippen LogP contribution in [-0.2, 0) is 16.0 Å². The molecule has 3 rings (SSSR count). The first-order valence-electron chi connectivity index (χ1n) is 8.93. The van der Waals surface area contributed by atoms with Gasteiger partial charge in [-0.2, -0.15) is 0 Å². The van der Waals surface area contributed by atoms with Crippen LogP contribution in [0.25, 0.3) is 0 Å². The number of benzene rings is 2. The fourth-order valence-electron chi connectivity index (χ4n) is 3.35. The predicted molar refractivity (Wildman–Crippen MR) is 104 cm³/mol. The maximum absolute atomic E-state index is 11.9. The molecule has 0 amide bonds. The van der Waals surface area contributed by atoms with Crippen LogP contribution in [0.4, 0.5) is 0 Å². The molecule has 0 aromatic heterocycles. The Bertz CT molecular complexity index is 811. The van der Waals surface area contributed by atoms with Crippen LogP contribution in [-0.4, -0.2) is 37.7 Å². The fourth-order valence-corrected chi connectivity index (χ4v) is 3.54. The third kappa shape index (κ3) is 4.54. The maximum Gasteiger partial charge on any atom is 0.322 e. The zero-order valence-corrected chi connectivity index (χ0v) is 16.5. The number of carbonyl (C=O) groups is 1. The summed E-state index contributed by atoms with van der Waals surface area (Å²) < 4.78 is 16.2. The highest BCUT2D eigenvalue weighted by Gasteiger charge is 2.36. The van der Waals surface area contributed by atoms with Crippen molar-refractivity contribution in [1.29, 1.82) is 0 Å². The van der Waals surface area contributed by atoms with E-state index < -0.39 is 6.23 Å². The molecule has 0 saturated carbocycles. The summed E-state index contributed by atoms with van der Waals surface area (Å²) >= 11 is 6.10. The monoisotopic (exact) mass is 389 g/mol. The largest absolute Gasteiger partial charge is 0.493 e. The molecule has 0 N–H and O–H groups in total. The van der Waals surface area contributed by atoms with Crippen LogP contribution in [0.2, 0.25) is 5.02 Å². The quantitative estimate of drug-likeness (QED) is 0.663.